The van der Waals surface area contributed by atoms with Crippen LogP contribution in [0, 0.1) is 11.8 Å². The maximum atomic E-state index is 12.1. The van der Waals surface area contributed by atoms with Gasteiger partial charge in [0.15, 0.2) is 5.96 Å². The molecule has 2 atom stereocenters. The molecule has 0 aromatic rings. The summed E-state index contributed by atoms with van der Waals surface area (Å²) in [6, 6.07) is 0. The van der Waals surface area contributed by atoms with E-state index in [0.29, 0.717) is 12.5 Å². The number of halogens is 1. The van der Waals surface area contributed by atoms with Crippen molar-refractivity contribution in [3.05, 3.63) is 0 Å². The van der Waals surface area contributed by atoms with Crippen LogP contribution in [0.15, 0.2) is 4.99 Å². The number of guanidine groups is 1. The van der Waals surface area contributed by atoms with Crippen molar-refractivity contribution in [2.75, 3.05) is 57.9 Å². The summed E-state index contributed by atoms with van der Waals surface area (Å²) in [5.74, 6) is 3.60. The molecule has 1 saturated carbocycles. The summed E-state index contributed by atoms with van der Waals surface area (Å²) in [6.07, 6.45) is 5.17. The molecule has 2 aliphatic heterocycles. The first kappa shape index (κ1) is 24.1. The van der Waals surface area contributed by atoms with Crippen LogP contribution in [-0.4, -0.2) is 85.2 Å². The number of rotatable bonds is 5. The lowest BCUT2D eigenvalue weighted by Gasteiger charge is -2.42. The number of nitrogens with one attached hydrogen (secondary N) is 1. The highest BCUT2D eigenvalue weighted by molar-refractivity contribution is 14.0. The molecule has 3 fully saturated rings. The van der Waals surface area contributed by atoms with Crippen LogP contribution in [0.4, 0.5) is 0 Å². The van der Waals surface area contributed by atoms with Crippen molar-refractivity contribution < 1.29 is 9.53 Å². The molecule has 0 aromatic heterocycles. The highest BCUT2D eigenvalue weighted by Crippen LogP contribution is 2.37. The third kappa shape index (κ3) is 5.47. The van der Waals surface area contributed by atoms with Gasteiger partial charge in [0.2, 0.25) is 0 Å². The van der Waals surface area contributed by atoms with E-state index in [-0.39, 0.29) is 41.4 Å². The van der Waals surface area contributed by atoms with Gasteiger partial charge >= 0.3 is 5.97 Å². The molecule has 28 heavy (non-hydrogen) atoms. The van der Waals surface area contributed by atoms with Crippen molar-refractivity contribution in [1.82, 2.24) is 15.1 Å². The third-order valence-corrected chi connectivity index (χ3v) is 7.43. The minimum atomic E-state index is -0.0982. The normalized spacial score (nSPS) is 28.1. The summed E-state index contributed by atoms with van der Waals surface area (Å²) in [5, 5.41) is 3.47. The Bertz CT molecular complexity index is 536. The van der Waals surface area contributed by atoms with E-state index in [1.165, 1.54) is 57.4 Å². The first-order valence-corrected chi connectivity index (χ1v) is 11.7. The molecular formula is C20H37IN4O2S. The molecule has 1 aliphatic carbocycles. The maximum Gasteiger partial charge on any atom is 0.310 e. The number of hydrogen-bond donors (Lipinski definition) is 1. The van der Waals surface area contributed by atoms with E-state index in [1.54, 1.807) is 0 Å². The molecule has 0 radical (unpaired) electrons. The molecule has 6 nitrogen and oxygen atoms in total. The van der Waals surface area contributed by atoms with Gasteiger partial charge in [-0.15, -0.1) is 24.0 Å². The zero-order valence-corrected chi connectivity index (χ0v) is 20.8. The second kappa shape index (κ2) is 11.2. The van der Waals surface area contributed by atoms with Gasteiger partial charge < -0.3 is 15.0 Å². The van der Waals surface area contributed by atoms with Gasteiger partial charge in [-0.3, -0.25) is 14.7 Å². The molecule has 2 unspecified atom stereocenters. The largest absolute Gasteiger partial charge is 0.469 e. The number of hydrogen-bond acceptors (Lipinski definition) is 5. The Balaban J connectivity index is 0.00000280. The van der Waals surface area contributed by atoms with Crippen LogP contribution >= 0.6 is 35.7 Å². The molecule has 3 rings (SSSR count). The van der Waals surface area contributed by atoms with E-state index >= 15 is 0 Å². The Kier molecular flexibility index (Phi) is 9.66. The molecule has 8 heteroatoms. The van der Waals surface area contributed by atoms with E-state index < -0.39 is 0 Å². The zero-order valence-electron chi connectivity index (χ0n) is 17.6. The molecule has 2 heterocycles. The quantitative estimate of drug-likeness (QED) is 0.259. The Morgan fingerprint density at radius 3 is 2.54 bits per heavy atom. The van der Waals surface area contributed by atoms with Crippen LogP contribution in [0.3, 0.4) is 0 Å². The molecule has 1 N–H and O–H groups in total. The molecule has 0 bridgehead atoms. The lowest BCUT2D eigenvalue weighted by Crippen LogP contribution is -2.53. The van der Waals surface area contributed by atoms with E-state index in [9.17, 15) is 4.79 Å². The van der Waals surface area contributed by atoms with Crippen molar-refractivity contribution in [3.8, 4) is 0 Å². The fourth-order valence-corrected chi connectivity index (χ4v) is 5.79. The SMILES string of the molecule is CCNC(=NCC1(N2CCSCC2)CCCC1)N1CC(C)C(C(=O)OC)C1.I. The number of ether oxygens (including phenoxy) is 1. The predicted molar refractivity (Wildman–Crippen MR) is 128 cm³/mol. The van der Waals surface area contributed by atoms with Crippen LogP contribution in [0.5, 0.6) is 0 Å². The highest BCUT2D eigenvalue weighted by atomic mass is 127. The van der Waals surface area contributed by atoms with Crippen molar-refractivity contribution in [3.63, 3.8) is 0 Å². The van der Waals surface area contributed by atoms with Gasteiger partial charge in [-0.05, 0) is 25.7 Å². The Morgan fingerprint density at radius 2 is 1.93 bits per heavy atom. The molecule has 3 aliphatic rings. The van der Waals surface area contributed by atoms with E-state index in [4.69, 9.17) is 9.73 Å². The second-order valence-electron chi connectivity index (χ2n) is 8.21. The first-order valence-electron chi connectivity index (χ1n) is 10.5. The van der Waals surface area contributed by atoms with E-state index in [0.717, 1.165) is 25.6 Å². The van der Waals surface area contributed by atoms with Crippen molar-refractivity contribution in [2.45, 2.75) is 45.1 Å². The summed E-state index contributed by atoms with van der Waals surface area (Å²) in [6.45, 7) is 9.92. The predicted octanol–water partition coefficient (Wildman–Crippen LogP) is 2.67. The topological polar surface area (TPSA) is 57.2 Å². The number of nitrogens with zero attached hydrogens (tertiary/aromatic N) is 3. The summed E-state index contributed by atoms with van der Waals surface area (Å²) < 4.78 is 4.99. The van der Waals surface area contributed by atoms with Gasteiger partial charge in [-0.25, -0.2) is 0 Å². The number of carbonyl (C=O) groups is 1. The average Bonchev–Trinajstić information content (AvgIpc) is 3.33. The summed E-state index contributed by atoms with van der Waals surface area (Å²) >= 11 is 2.07. The summed E-state index contributed by atoms with van der Waals surface area (Å²) in [4.78, 5) is 22.1. The maximum absolute atomic E-state index is 12.1. The number of methoxy groups -OCH3 is 1. The third-order valence-electron chi connectivity index (χ3n) is 6.49. The first-order chi connectivity index (χ1) is 13.1. The van der Waals surface area contributed by atoms with Gasteiger partial charge in [0.05, 0.1) is 19.6 Å². The van der Waals surface area contributed by atoms with Crippen LogP contribution in [0.1, 0.15) is 39.5 Å². The van der Waals surface area contributed by atoms with Gasteiger partial charge in [0.1, 0.15) is 0 Å². The van der Waals surface area contributed by atoms with Crippen molar-refractivity contribution >= 4 is 47.7 Å². The van der Waals surface area contributed by atoms with Crippen LogP contribution in [0.25, 0.3) is 0 Å². The summed E-state index contributed by atoms with van der Waals surface area (Å²) in [7, 11) is 1.48. The Morgan fingerprint density at radius 1 is 1.25 bits per heavy atom. The number of thioether (sulfide) groups is 1. The lowest BCUT2D eigenvalue weighted by molar-refractivity contribution is -0.145. The second-order valence-corrected chi connectivity index (χ2v) is 9.44. The zero-order chi connectivity index (χ0) is 19.3. The number of aliphatic imine (C=N–C) groups is 1. The molecule has 162 valence electrons. The van der Waals surface area contributed by atoms with E-state index in [1.807, 2.05) is 0 Å². The molecule has 0 amide bonds. The minimum absolute atomic E-state index is 0. The molecule has 0 aromatic carbocycles. The fraction of sp³-hybridized carbons (Fsp3) is 0.900. The molecule has 0 spiro atoms. The van der Waals surface area contributed by atoms with Gasteiger partial charge in [0.25, 0.3) is 0 Å². The molecule has 2 saturated heterocycles. The van der Waals surface area contributed by atoms with Crippen LogP contribution < -0.4 is 5.32 Å². The standard InChI is InChI=1S/C20H36N4O2S.HI/c1-4-21-19(23-13-16(2)17(14-23)18(25)26-3)22-15-20(7-5-6-8-20)24-9-11-27-12-10-24;/h16-17H,4-15H2,1-3H3,(H,21,22);1H. The Labute approximate surface area is 191 Å². The van der Waals surface area contributed by atoms with Crippen LogP contribution in [-0.2, 0) is 9.53 Å². The smallest absolute Gasteiger partial charge is 0.310 e. The lowest BCUT2D eigenvalue weighted by atomic mass is 9.95. The number of carbonyl (C=O) groups excluding carboxylic acids is 1. The fourth-order valence-electron chi connectivity index (χ4n) is 4.89. The molecular weight excluding hydrogens is 487 g/mol. The van der Waals surface area contributed by atoms with E-state index in [2.05, 4.69) is 40.7 Å². The van der Waals surface area contributed by atoms with Crippen molar-refractivity contribution in [2.24, 2.45) is 16.8 Å². The average molecular weight is 525 g/mol. The highest BCUT2D eigenvalue weighted by Gasteiger charge is 2.41. The monoisotopic (exact) mass is 524 g/mol. The Hall–Kier alpha value is -0.220. The number of esters is 1. The number of likely N-dealkylation sites (tertiary alicyclic amines) is 1. The van der Waals surface area contributed by atoms with Gasteiger partial charge in [0, 0.05) is 49.8 Å². The summed E-state index contributed by atoms with van der Waals surface area (Å²) in [5.41, 5.74) is 0.245. The van der Waals surface area contributed by atoms with Crippen LogP contribution in [0.2, 0.25) is 0 Å². The van der Waals surface area contributed by atoms with Gasteiger partial charge in [-0.1, -0.05) is 19.8 Å². The van der Waals surface area contributed by atoms with Crippen molar-refractivity contribution in [1.29, 1.82) is 0 Å². The van der Waals surface area contributed by atoms with Gasteiger partial charge in [-0.2, -0.15) is 11.8 Å². The minimum Gasteiger partial charge on any atom is -0.469 e.